The first kappa shape index (κ1) is 14.4. The molecule has 0 aliphatic carbocycles. The summed E-state index contributed by atoms with van der Waals surface area (Å²) in [5, 5.41) is 15.8. The Morgan fingerprint density at radius 3 is 2.44 bits per heavy atom. The Morgan fingerprint density at radius 2 is 1.94 bits per heavy atom. The molecule has 0 unspecified atom stereocenters. The lowest BCUT2D eigenvalue weighted by Gasteiger charge is -2.14. The summed E-state index contributed by atoms with van der Waals surface area (Å²) in [6, 6.07) is 0. The molecule has 0 bridgehead atoms. The number of hydrogen-bond donors (Lipinski definition) is 2. The number of methoxy groups -OCH3 is 1. The van der Waals surface area contributed by atoms with Gasteiger partial charge in [0, 0.05) is 7.11 Å². The highest BCUT2D eigenvalue weighted by Crippen LogP contribution is 2.22. The van der Waals surface area contributed by atoms with Crippen molar-refractivity contribution in [3.63, 3.8) is 0 Å². The summed E-state index contributed by atoms with van der Waals surface area (Å²) < 4.78 is 10.4. The van der Waals surface area contributed by atoms with E-state index >= 15 is 0 Å². The van der Waals surface area contributed by atoms with Crippen molar-refractivity contribution in [1.29, 1.82) is 5.41 Å². The van der Waals surface area contributed by atoms with Crippen LogP contribution in [0.25, 0.3) is 0 Å². The van der Waals surface area contributed by atoms with Crippen molar-refractivity contribution < 1.29 is 9.47 Å². The maximum atomic E-state index is 7.67. The zero-order valence-electron chi connectivity index (χ0n) is 11.1. The van der Waals surface area contributed by atoms with E-state index in [0.29, 0.717) is 24.7 Å². The van der Waals surface area contributed by atoms with Crippen LogP contribution in [0, 0.1) is 5.41 Å². The van der Waals surface area contributed by atoms with Gasteiger partial charge in [-0.05, 0) is 18.4 Å². The number of nitrogens with two attached hydrogens (primary N) is 1. The van der Waals surface area contributed by atoms with Crippen molar-refractivity contribution in [1.82, 2.24) is 10.2 Å². The molecule has 0 radical (unpaired) electrons. The molecule has 6 nitrogen and oxygen atoms in total. The largest absolute Gasteiger partial charge is 0.474 e. The van der Waals surface area contributed by atoms with Crippen molar-refractivity contribution >= 4 is 5.84 Å². The molecular weight excluding hydrogens is 232 g/mol. The van der Waals surface area contributed by atoms with Crippen LogP contribution in [0.4, 0.5) is 0 Å². The molecule has 0 saturated carbocycles. The summed E-state index contributed by atoms with van der Waals surface area (Å²) in [4.78, 5) is 0. The molecule has 0 aromatic carbocycles. The van der Waals surface area contributed by atoms with E-state index in [-0.39, 0.29) is 5.84 Å². The lowest BCUT2D eigenvalue weighted by Crippen LogP contribution is -2.20. The Bertz CT molecular complexity index is 421. The minimum absolute atomic E-state index is 0.0381. The summed E-state index contributed by atoms with van der Waals surface area (Å²) in [6.07, 6.45) is 1.50. The number of hydrogen-bond acceptors (Lipinski definition) is 5. The van der Waals surface area contributed by atoms with E-state index in [0.717, 1.165) is 24.1 Å². The van der Waals surface area contributed by atoms with Crippen LogP contribution in [0.15, 0.2) is 0 Å². The van der Waals surface area contributed by atoms with Gasteiger partial charge < -0.3 is 15.2 Å². The molecule has 18 heavy (non-hydrogen) atoms. The van der Waals surface area contributed by atoms with Crippen molar-refractivity contribution in [2.75, 3.05) is 20.3 Å². The van der Waals surface area contributed by atoms with Gasteiger partial charge in [0.1, 0.15) is 12.4 Å². The standard InChI is InChI=1S/C12H20N4O2/c1-4-8-9(5-2)15-16-12(10(8)11(13)14)18-7-6-17-3/h4-7H2,1-3H3,(H3,13,14). The third-order valence-electron chi connectivity index (χ3n) is 2.61. The van der Waals surface area contributed by atoms with Crippen molar-refractivity contribution in [2.24, 2.45) is 5.73 Å². The fraction of sp³-hybridized carbons (Fsp3) is 0.583. The fourth-order valence-corrected chi connectivity index (χ4v) is 1.75. The molecule has 0 aliphatic rings. The highest BCUT2D eigenvalue weighted by molar-refractivity contribution is 5.98. The average molecular weight is 252 g/mol. The third-order valence-corrected chi connectivity index (χ3v) is 2.61. The monoisotopic (exact) mass is 252 g/mol. The van der Waals surface area contributed by atoms with Crippen LogP contribution in [0.2, 0.25) is 0 Å². The Morgan fingerprint density at radius 1 is 1.22 bits per heavy atom. The van der Waals surface area contributed by atoms with Gasteiger partial charge in [0.05, 0.1) is 17.9 Å². The first-order chi connectivity index (χ1) is 8.65. The minimum atomic E-state index is -0.0381. The molecule has 0 amide bonds. The quantitative estimate of drug-likeness (QED) is 0.427. The van der Waals surface area contributed by atoms with Gasteiger partial charge in [-0.25, -0.2) is 0 Å². The maximum Gasteiger partial charge on any atom is 0.244 e. The maximum absolute atomic E-state index is 7.67. The average Bonchev–Trinajstić information content (AvgIpc) is 2.37. The third kappa shape index (κ3) is 3.16. The minimum Gasteiger partial charge on any atom is -0.474 e. The second-order valence-corrected chi connectivity index (χ2v) is 3.77. The number of rotatable bonds is 7. The van der Waals surface area contributed by atoms with Crippen LogP contribution in [-0.2, 0) is 17.6 Å². The zero-order chi connectivity index (χ0) is 13.5. The number of aromatic nitrogens is 2. The molecule has 0 saturated heterocycles. The smallest absolute Gasteiger partial charge is 0.244 e. The summed E-state index contributed by atoms with van der Waals surface area (Å²) in [6.45, 7) is 4.82. The molecule has 100 valence electrons. The van der Waals surface area contributed by atoms with E-state index in [9.17, 15) is 0 Å². The van der Waals surface area contributed by atoms with Crippen molar-refractivity contribution in [3.05, 3.63) is 16.8 Å². The van der Waals surface area contributed by atoms with E-state index in [2.05, 4.69) is 10.2 Å². The van der Waals surface area contributed by atoms with Crippen LogP contribution in [-0.4, -0.2) is 36.4 Å². The molecule has 1 aromatic heterocycles. The van der Waals surface area contributed by atoms with E-state index in [4.69, 9.17) is 20.6 Å². The van der Waals surface area contributed by atoms with Gasteiger partial charge >= 0.3 is 0 Å². The number of amidine groups is 1. The van der Waals surface area contributed by atoms with Crippen LogP contribution >= 0.6 is 0 Å². The number of ether oxygens (including phenoxy) is 2. The molecule has 0 spiro atoms. The summed E-state index contributed by atoms with van der Waals surface area (Å²) in [5.74, 6) is 0.275. The second kappa shape index (κ2) is 6.90. The highest BCUT2D eigenvalue weighted by Gasteiger charge is 2.17. The summed E-state index contributed by atoms with van der Waals surface area (Å²) >= 11 is 0. The lowest BCUT2D eigenvalue weighted by molar-refractivity contribution is 0.143. The van der Waals surface area contributed by atoms with Gasteiger partial charge in [-0.15, -0.1) is 5.10 Å². The first-order valence-electron chi connectivity index (χ1n) is 6.00. The Hall–Kier alpha value is -1.69. The molecule has 0 atom stereocenters. The predicted octanol–water partition coefficient (Wildman–Crippen LogP) is 0.911. The van der Waals surface area contributed by atoms with Crippen LogP contribution < -0.4 is 10.5 Å². The van der Waals surface area contributed by atoms with E-state index in [1.165, 1.54) is 0 Å². The molecule has 1 heterocycles. The molecule has 1 aromatic rings. The van der Waals surface area contributed by atoms with E-state index in [1.807, 2.05) is 13.8 Å². The normalized spacial score (nSPS) is 10.4. The Balaban J connectivity index is 3.13. The van der Waals surface area contributed by atoms with Crippen molar-refractivity contribution in [2.45, 2.75) is 26.7 Å². The molecular formula is C12H20N4O2. The first-order valence-corrected chi connectivity index (χ1v) is 6.00. The van der Waals surface area contributed by atoms with Crippen molar-refractivity contribution in [3.8, 4) is 5.88 Å². The zero-order valence-corrected chi connectivity index (χ0v) is 11.1. The molecule has 1 rings (SSSR count). The Kier molecular flexibility index (Phi) is 5.51. The topological polar surface area (TPSA) is 94.1 Å². The molecule has 6 heteroatoms. The number of nitrogens with zero attached hydrogens (tertiary/aromatic N) is 2. The van der Waals surface area contributed by atoms with Gasteiger partial charge in [-0.3, -0.25) is 5.41 Å². The summed E-state index contributed by atoms with van der Waals surface area (Å²) in [5.41, 5.74) is 7.98. The van der Waals surface area contributed by atoms with Gasteiger partial charge in [0.2, 0.25) is 5.88 Å². The Labute approximate surface area is 107 Å². The summed E-state index contributed by atoms with van der Waals surface area (Å²) in [7, 11) is 1.60. The fourth-order valence-electron chi connectivity index (χ4n) is 1.75. The predicted molar refractivity (Wildman–Crippen MR) is 69.2 cm³/mol. The second-order valence-electron chi connectivity index (χ2n) is 3.77. The SMILES string of the molecule is CCc1nnc(OCCOC)c(C(=N)N)c1CC. The van der Waals surface area contributed by atoms with E-state index in [1.54, 1.807) is 7.11 Å². The number of aryl methyl sites for hydroxylation is 1. The number of nitrogens with one attached hydrogen (secondary N) is 1. The van der Waals surface area contributed by atoms with Crippen LogP contribution in [0.3, 0.4) is 0 Å². The molecule has 0 fully saturated rings. The number of nitrogen functional groups attached to an aromatic ring is 1. The van der Waals surface area contributed by atoms with Gasteiger partial charge in [-0.2, -0.15) is 5.10 Å². The molecule has 3 N–H and O–H groups in total. The lowest BCUT2D eigenvalue weighted by atomic mass is 10.0. The van der Waals surface area contributed by atoms with E-state index < -0.39 is 0 Å². The molecule has 0 aliphatic heterocycles. The highest BCUT2D eigenvalue weighted by atomic mass is 16.5. The van der Waals surface area contributed by atoms with Crippen LogP contribution in [0.5, 0.6) is 5.88 Å². The van der Waals surface area contributed by atoms with Gasteiger partial charge in [0.15, 0.2) is 0 Å². The van der Waals surface area contributed by atoms with Gasteiger partial charge in [-0.1, -0.05) is 13.8 Å². The van der Waals surface area contributed by atoms with Crippen LogP contribution in [0.1, 0.15) is 30.7 Å². The van der Waals surface area contributed by atoms with Gasteiger partial charge in [0.25, 0.3) is 0 Å².